The van der Waals surface area contributed by atoms with Gasteiger partial charge in [-0.15, -0.1) is 0 Å². The van der Waals surface area contributed by atoms with E-state index in [1.165, 1.54) is 12.1 Å². The van der Waals surface area contributed by atoms with Gasteiger partial charge in [-0.1, -0.05) is 19.1 Å². The van der Waals surface area contributed by atoms with Gasteiger partial charge in [-0.05, 0) is 30.9 Å². The summed E-state index contributed by atoms with van der Waals surface area (Å²) in [6, 6.07) is 5.84. The SMILES string of the molecule is CC1CC(Nc2ccccc2C(F)(F)F)C1. The fourth-order valence-electron chi connectivity index (χ4n) is 2.10. The fourth-order valence-corrected chi connectivity index (χ4v) is 2.10. The molecule has 1 nitrogen and oxygen atoms in total. The zero-order valence-electron chi connectivity index (χ0n) is 9.01. The summed E-state index contributed by atoms with van der Waals surface area (Å²) in [6.45, 7) is 2.11. The van der Waals surface area contributed by atoms with Crippen LogP contribution in [0.5, 0.6) is 0 Å². The van der Waals surface area contributed by atoms with Crippen LogP contribution >= 0.6 is 0 Å². The molecule has 0 bridgehead atoms. The molecule has 1 N–H and O–H groups in total. The summed E-state index contributed by atoms with van der Waals surface area (Å²) in [4.78, 5) is 0. The van der Waals surface area contributed by atoms with E-state index in [2.05, 4.69) is 12.2 Å². The number of benzene rings is 1. The van der Waals surface area contributed by atoms with Crippen LogP contribution in [0, 0.1) is 5.92 Å². The van der Waals surface area contributed by atoms with Crippen LogP contribution in [0.3, 0.4) is 0 Å². The lowest BCUT2D eigenvalue weighted by Gasteiger charge is -2.34. The third kappa shape index (κ3) is 2.31. The first kappa shape index (κ1) is 11.3. The first-order valence-corrected chi connectivity index (χ1v) is 5.39. The van der Waals surface area contributed by atoms with Crippen molar-refractivity contribution in [3.05, 3.63) is 29.8 Å². The van der Waals surface area contributed by atoms with E-state index >= 15 is 0 Å². The molecular formula is C12H14F3N. The van der Waals surface area contributed by atoms with E-state index in [1.54, 1.807) is 6.07 Å². The highest BCUT2D eigenvalue weighted by atomic mass is 19.4. The van der Waals surface area contributed by atoms with Crippen LogP contribution in [-0.2, 0) is 6.18 Å². The van der Waals surface area contributed by atoms with Crippen LogP contribution in [0.2, 0.25) is 0 Å². The van der Waals surface area contributed by atoms with Crippen molar-refractivity contribution >= 4 is 5.69 Å². The van der Waals surface area contributed by atoms with Gasteiger partial charge >= 0.3 is 6.18 Å². The van der Waals surface area contributed by atoms with Crippen molar-refractivity contribution in [3.63, 3.8) is 0 Å². The van der Waals surface area contributed by atoms with Crippen LogP contribution in [0.15, 0.2) is 24.3 Å². The van der Waals surface area contributed by atoms with E-state index in [9.17, 15) is 13.2 Å². The van der Waals surface area contributed by atoms with Crippen molar-refractivity contribution in [2.45, 2.75) is 32.0 Å². The number of nitrogens with one attached hydrogen (secondary N) is 1. The molecule has 1 aliphatic rings. The van der Waals surface area contributed by atoms with Gasteiger partial charge in [0, 0.05) is 11.7 Å². The molecule has 0 aromatic heterocycles. The fraction of sp³-hybridized carbons (Fsp3) is 0.500. The molecule has 1 fully saturated rings. The summed E-state index contributed by atoms with van der Waals surface area (Å²) in [5.74, 6) is 0.621. The lowest BCUT2D eigenvalue weighted by atomic mass is 9.81. The Labute approximate surface area is 92.7 Å². The number of hydrogen-bond donors (Lipinski definition) is 1. The maximum Gasteiger partial charge on any atom is 0.418 e. The molecule has 1 aromatic carbocycles. The van der Waals surface area contributed by atoms with Crippen molar-refractivity contribution in [1.29, 1.82) is 0 Å². The van der Waals surface area contributed by atoms with Crippen molar-refractivity contribution < 1.29 is 13.2 Å². The summed E-state index contributed by atoms with van der Waals surface area (Å²) < 4.78 is 38.0. The number of para-hydroxylation sites is 1. The molecule has 0 heterocycles. The molecule has 1 saturated carbocycles. The second-order valence-corrected chi connectivity index (χ2v) is 4.46. The average molecular weight is 229 g/mol. The summed E-state index contributed by atoms with van der Waals surface area (Å²) in [7, 11) is 0. The van der Waals surface area contributed by atoms with Gasteiger partial charge in [0.1, 0.15) is 0 Å². The number of alkyl halides is 3. The molecule has 88 valence electrons. The number of halogens is 3. The van der Waals surface area contributed by atoms with Crippen molar-refractivity contribution in [1.82, 2.24) is 0 Å². The van der Waals surface area contributed by atoms with Gasteiger partial charge in [-0.2, -0.15) is 13.2 Å². The maximum atomic E-state index is 12.7. The second-order valence-electron chi connectivity index (χ2n) is 4.46. The van der Waals surface area contributed by atoms with Gasteiger partial charge in [0.25, 0.3) is 0 Å². The van der Waals surface area contributed by atoms with Crippen molar-refractivity contribution in [2.24, 2.45) is 5.92 Å². The van der Waals surface area contributed by atoms with E-state index < -0.39 is 11.7 Å². The van der Waals surface area contributed by atoms with Gasteiger partial charge in [0.15, 0.2) is 0 Å². The molecule has 4 heteroatoms. The van der Waals surface area contributed by atoms with Crippen LogP contribution < -0.4 is 5.32 Å². The topological polar surface area (TPSA) is 12.0 Å². The van der Waals surface area contributed by atoms with Gasteiger partial charge in [0.05, 0.1) is 5.56 Å². The third-order valence-corrected chi connectivity index (χ3v) is 2.97. The minimum absolute atomic E-state index is 0.193. The molecule has 0 amide bonds. The Morgan fingerprint density at radius 1 is 1.19 bits per heavy atom. The van der Waals surface area contributed by atoms with E-state index in [4.69, 9.17) is 0 Å². The number of anilines is 1. The Morgan fingerprint density at radius 3 is 2.38 bits per heavy atom. The quantitative estimate of drug-likeness (QED) is 0.810. The summed E-state index contributed by atoms with van der Waals surface area (Å²) in [5, 5.41) is 2.96. The largest absolute Gasteiger partial charge is 0.418 e. The molecule has 1 aromatic rings. The van der Waals surface area contributed by atoms with E-state index in [1.807, 2.05) is 0 Å². The van der Waals surface area contributed by atoms with Gasteiger partial charge < -0.3 is 5.32 Å². The van der Waals surface area contributed by atoms with Gasteiger partial charge in [0.2, 0.25) is 0 Å². The van der Waals surface area contributed by atoms with E-state index in [0.717, 1.165) is 18.9 Å². The zero-order valence-corrected chi connectivity index (χ0v) is 9.01. The summed E-state index contributed by atoms with van der Waals surface area (Å²) >= 11 is 0. The first-order chi connectivity index (χ1) is 7.47. The Morgan fingerprint density at radius 2 is 1.81 bits per heavy atom. The smallest absolute Gasteiger partial charge is 0.382 e. The molecule has 16 heavy (non-hydrogen) atoms. The molecule has 0 unspecified atom stereocenters. The Balaban J connectivity index is 2.14. The van der Waals surface area contributed by atoms with Crippen LogP contribution in [0.25, 0.3) is 0 Å². The predicted molar refractivity (Wildman–Crippen MR) is 57.3 cm³/mol. The third-order valence-electron chi connectivity index (χ3n) is 2.97. The van der Waals surface area contributed by atoms with Crippen molar-refractivity contribution in [2.75, 3.05) is 5.32 Å². The predicted octanol–water partition coefficient (Wildman–Crippen LogP) is 3.92. The van der Waals surface area contributed by atoms with E-state index in [0.29, 0.717) is 5.92 Å². The van der Waals surface area contributed by atoms with Crippen LogP contribution in [-0.4, -0.2) is 6.04 Å². The van der Waals surface area contributed by atoms with Gasteiger partial charge in [-0.3, -0.25) is 0 Å². The summed E-state index contributed by atoms with van der Waals surface area (Å²) in [5.41, 5.74) is -0.374. The van der Waals surface area contributed by atoms with Crippen LogP contribution in [0.1, 0.15) is 25.3 Å². The highest BCUT2D eigenvalue weighted by molar-refractivity contribution is 5.53. The molecule has 2 rings (SSSR count). The lowest BCUT2D eigenvalue weighted by molar-refractivity contribution is -0.137. The van der Waals surface area contributed by atoms with Crippen molar-refractivity contribution in [3.8, 4) is 0 Å². The minimum Gasteiger partial charge on any atom is -0.382 e. The molecule has 1 aliphatic carbocycles. The molecule has 0 saturated heterocycles. The average Bonchev–Trinajstić information content (AvgIpc) is 2.14. The minimum atomic E-state index is -4.28. The highest BCUT2D eigenvalue weighted by Crippen LogP contribution is 2.37. The zero-order chi connectivity index (χ0) is 11.8. The molecular weight excluding hydrogens is 215 g/mol. The second kappa shape index (κ2) is 4.00. The monoisotopic (exact) mass is 229 g/mol. The normalized spacial score (nSPS) is 25.0. The van der Waals surface area contributed by atoms with Crippen LogP contribution in [0.4, 0.5) is 18.9 Å². The Bertz CT molecular complexity index is 367. The Hall–Kier alpha value is -1.19. The Kier molecular flexibility index (Phi) is 2.82. The molecule has 0 atom stereocenters. The lowest BCUT2D eigenvalue weighted by Crippen LogP contribution is -2.34. The maximum absolute atomic E-state index is 12.7. The number of hydrogen-bond acceptors (Lipinski definition) is 1. The number of rotatable bonds is 2. The first-order valence-electron chi connectivity index (χ1n) is 5.39. The molecule has 0 aliphatic heterocycles. The molecule has 0 spiro atoms. The summed E-state index contributed by atoms with van der Waals surface area (Å²) in [6.07, 6.45) is -2.38. The molecule has 0 radical (unpaired) electrons. The highest BCUT2D eigenvalue weighted by Gasteiger charge is 2.34. The van der Waals surface area contributed by atoms with E-state index in [-0.39, 0.29) is 11.7 Å². The standard InChI is InChI=1S/C12H14F3N/c1-8-6-9(7-8)16-11-5-3-2-4-10(11)12(13,14)15/h2-5,8-9,16H,6-7H2,1H3. The van der Waals surface area contributed by atoms with Gasteiger partial charge in [-0.25, -0.2) is 0 Å².